The molecule has 0 saturated carbocycles. The molecule has 1 heterocycles. The van der Waals surface area contributed by atoms with Gasteiger partial charge in [0.2, 0.25) is 0 Å². The van der Waals surface area contributed by atoms with Crippen LogP contribution in [0.3, 0.4) is 0 Å². The second-order valence-electron chi connectivity index (χ2n) is 6.04. The normalized spacial score (nSPS) is 22.0. The summed E-state index contributed by atoms with van der Waals surface area (Å²) in [5.41, 5.74) is 1.35. The number of rotatable bonds is 2. The summed E-state index contributed by atoms with van der Waals surface area (Å²) in [5.74, 6) is 0.995. The maximum absolute atomic E-state index is 12.3. The number of hydrogen-bond donors (Lipinski definition) is 1. The number of piperidine rings is 1. The number of aryl methyl sites for hydroxylation is 1. The number of anilines is 1. The first-order chi connectivity index (χ1) is 9.86. The fourth-order valence-corrected chi connectivity index (χ4v) is 2.92. The Hall–Kier alpha value is -2.11. The van der Waals surface area contributed by atoms with Gasteiger partial charge in [-0.2, -0.15) is 0 Å². The number of nitrogens with zero attached hydrogens (tertiary/aromatic N) is 2. The summed E-state index contributed by atoms with van der Waals surface area (Å²) in [6.45, 7) is 7.55. The lowest BCUT2D eigenvalue weighted by Gasteiger charge is -2.35. The van der Waals surface area contributed by atoms with Crippen molar-refractivity contribution in [1.29, 1.82) is 0 Å². The van der Waals surface area contributed by atoms with Crippen LogP contribution >= 0.6 is 0 Å². The number of carbonyl (C=O) groups is 1. The lowest BCUT2D eigenvalue weighted by molar-refractivity contribution is -0.384. The SMILES string of the molecule is Cc1cc([N+](=O)[O-])ccc1NC(=O)N1CC(C)CC(C)C1. The van der Waals surface area contributed by atoms with Crippen LogP contribution in [0.4, 0.5) is 16.2 Å². The number of non-ortho nitro benzene ring substituents is 1. The van der Waals surface area contributed by atoms with Gasteiger partial charge in [0.05, 0.1) is 4.92 Å². The molecule has 0 radical (unpaired) electrons. The van der Waals surface area contributed by atoms with Crippen LogP contribution in [0.1, 0.15) is 25.8 Å². The third-order valence-electron chi connectivity index (χ3n) is 3.82. The molecular formula is C15H21N3O3. The molecule has 0 bridgehead atoms. The monoisotopic (exact) mass is 291 g/mol. The van der Waals surface area contributed by atoms with E-state index in [9.17, 15) is 14.9 Å². The molecule has 0 aromatic heterocycles. The summed E-state index contributed by atoms with van der Waals surface area (Å²) >= 11 is 0. The van der Waals surface area contributed by atoms with Crippen molar-refractivity contribution in [3.63, 3.8) is 0 Å². The van der Waals surface area contributed by atoms with Crippen LogP contribution in [0.2, 0.25) is 0 Å². The Balaban J connectivity index is 2.07. The van der Waals surface area contributed by atoms with Gasteiger partial charge in [-0.05, 0) is 36.8 Å². The number of nitrogens with one attached hydrogen (secondary N) is 1. The van der Waals surface area contributed by atoms with Crippen molar-refractivity contribution in [3.05, 3.63) is 33.9 Å². The number of hydrogen-bond acceptors (Lipinski definition) is 3. The summed E-state index contributed by atoms with van der Waals surface area (Å²) in [7, 11) is 0. The van der Waals surface area contributed by atoms with Gasteiger partial charge in [-0.25, -0.2) is 4.79 Å². The van der Waals surface area contributed by atoms with Gasteiger partial charge in [0.25, 0.3) is 5.69 Å². The van der Waals surface area contributed by atoms with Crippen LogP contribution in [0, 0.1) is 28.9 Å². The second-order valence-corrected chi connectivity index (χ2v) is 6.04. The van der Waals surface area contributed by atoms with Gasteiger partial charge in [-0.1, -0.05) is 13.8 Å². The summed E-state index contributed by atoms with van der Waals surface area (Å²) < 4.78 is 0. The van der Waals surface area contributed by atoms with E-state index in [0.29, 0.717) is 23.1 Å². The molecule has 1 N–H and O–H groups in total. The van der Waals surface area contributed by atoms with Gasteiger partial charge < -0.3 is 10.2 Å². The molecule has 2 atom stereocenters. The van der Waals surface area contributed by atoms with E-state index in [2.05, 4.69) is 19.2 Å². The van der Waals surface area contributed by atoms with Gasteiger partial charge >= 0.3 is 6.03 Å². The third kappa shape index (κ3) is 3.71. The molecule has 21 heavy (non-hydrogen) atoms. The van der Waals surface area contributed by atoms with E-state index in [0.717, 1.165) is 19.5 Å². The molecule has 1 aliphatic heterocycles. The van der Waals surface area contributed by atoms with E-state index in [1.165, 1.54) is 12.1 Å². The Morgan fingerprint density at radius 2 is 1.95 bits per heavy atom. The summed E-state index contributed by atoms with van der Waals surface area (Å²) in [5, 5.41) is 13.6. The summed E-state index contributed by atoms with van der Waals surface area (Å²) in [6, 6.07) is 4.33. The van der Waals surface area contributed by atoms with Crippen molar-refractivity contribution in [2.45, 2.75) is 27.2 Å². The lowest BCUT2D eigenvalue weighted by atomic mass is 9.92. The molecule has 1 fully saturated rings. The Labute approximate surface area is 124 Å². The number of nitro benzene ring substituents is 1. The molecule has 1 aliphatic rings. The van der Waals surface area contributed by atoms with Crippen LogP contribution in [-0.2, 0) is 0 Å². The predicted octanol–water partition coefficient (Wildman–Crippen LogP) is 3.41. The fraction of sp³-hybridized carbons (Fsp3) is 0.533. The molecule has 0 spiro atoms. The van der Waals surface area contributed by atoms with E-state index in [4.69, 9.17) is 0 Å². The molecule has 1 aromatic carbocycles. The third-order valence-corrected chi connectivity index (χ3v) is 3.82. The van der Waals surface area contributed by atoms with Crippen molar-refractivity contribution in [1.82, 2.24) is 4.90 Å². The molecule has 1 saturated heterocycles. The highest BCUT2D eigenvalue weighted by molar-refractivity contribution is 5.90. The number of benzene rings is 1. The molecule has 114 valence electrons. The zero-order valence-corrected chi connectivity index (χ0v) is 12.6. The van der Waals surface area contributed by atoms with E-state index >= 15 is 0 Å². The van der Waals surface area contributed by atoms with Crippen LogP contribution in [0.25, 0.3) is 0 Å². The Kier molecular flexibility index (Phi) is 4.45. The molecule has 0 aliphatic carbocycles. The Bertz CT molecular complexity index is 549. The van der Waals surface area contributed by atoms with Crippen LogP contribution in [-0.4, -0.2) is 28.9 Å². The highest BCUT2D eigenvalue weighted by Gasteiger charge is 2.25. The highest BCUT2D eigenvalue weighted by Crippen LogP contribution is 2.24. The molecule has 2 rings (SSSR count). The molecule has 2 amide bonds. The van der Waals surface area contributed by atoms with E-state index in [1.807, 2.05) is 4.90 Å². The van der Waals surface area contributed by atoms with Gasteiger partial charge in [-0.15, -0.1) is 0 Å². The van der Waals surface area contributed by atoms with E-state index in [-0.39, 0.29) is 11.7 Å². The van der Waals surface area contributed by atoms with Crippen molar-refractivity contribution >= 4 is 17.4 Å². The minimum Gasteiger partial charge on any atom is -0.324 e. The van der Waals surface area contributed by atoms with Gasteiger partial charge in [-0.3, -0.25) is 10.1 Å². The van der Waals surface area contributed by atoms with Gasteiger partial charge in [0.15, 0.2) is 0 Å². The topological polar surface area (TPSA) is 75.5 Å². The smallest absolute Gasteiger partial charge is 0.321 e. The average Bonchev–Trinajstić information content (AvgIpc) is 2.39. The van der Waals surface area contributed by atoms with Crippen molar-refractivity contribution < 1.29 is 9.72 Å². The number of urea groups is 1. The van der Waals surface area contributed by atoms with E-state index < -0.39 is 4.92 Å². The van der Waals surface area contributed by atoms with Gasteiger partial charge in [0.1, 0.15) is 0 Å². The first kappa shape index (κ1) is 15.3. The number of likely N-dealkylation sites (tertiary alicyclic amines) is 1. The molecule has 2 unspecified atom stereocenters. The van der Waals surface area contributed by atoms with Crippen molar-refractivity contribution in [3.8, 4) is 0 Å². The first-order valence-corrected chi connectivity index (χ1v) is 7.17. The number of amides is 2. The molecule has 6 heteroatoms. The summed E-state index contributed by atoms with van der Waals surface area (Å²) in [6.07, 6.45) is 1.14. The zero-order chi connectivity index (χ0) is 15.6. The van der Waals surface area contributed by atoms with E-state index in [1.54, 1.807) is 13.0 Å². The van der Waals surface area contributed by atoms with Crippen molar-refractivity contribution in [2.75, 3.05) is 18.4 Å². The lowest BCUT2D eigenvalue weighted by Crippen LogP contribution is -2.44. The van der Waals surface area contributed by atoms with Gasteiger partial charge in [0, 0.05) is 30.9 Å². The molecule has 1 aromatic rings. The predicted molar refractivity (Wildman–Crippen MR) is 81.4 cm³/mol. The highest BCUT2D eigenvalue weighted by atomic mass is 16.6. The maximum atomic E-state index is 12.3. The second kappa shape index (κ2) is 6.11. The van der Waals surface area contributed by atoms with Crippen LogP contribution < -0.4 is 5.32 Å². The van der Waals surface area contributed by atoms with Crippen molar-refractivity contribution in [2.24, 2.45) is 11.8 Å². The zero-order valence-electron chi connectivity index (χ0n) is 12.6. The summed E-state index contributed by atoms with van der Waals surface area (Å²) in [4.78, 5) is 24.4. The number of carbonyl (C=O) groups excluding carboxylic acids is 1. The number of nitro groups is 1. The minimum absolute atomic E-state index is 0.0331. The minimum atomic E-state index is -0.438. The fourth-order valence-electron chi connectivity index (χ4n) is 2.92. The average molecular weight is 291 g/mol. The molecule has 6 nitrogen and oxygen atoms in total. The largest absolute Gasteiger partial charge is 0.324 e. The quantitative estimate of drug-likeness (QED) is 0.670. The Morgan fingerprint density at radius 1 is 1.33 bits per heavy atom. The maximum Gasteiger partial charge on any atom is 0.321 e. The van der Waals surface area contributed by atoms with Crippen LogP contribution in [0.5, 0.6) is 0 Å². The van der Waals surface area contributed by atoms with Crippen LogP contribution in [0.15, 0.2) is 18.2 Å². The molecular weight excluding hydrogens is 270 g/mol. The standard InChI is InChI=1S/C15H21N3O3/c1-10-6-11(2)9-17(8-10)15(19)16-14-5-4-13(18(20)21)7-12(14)3/h4-5,7,10-11H,6,8-9H2,1-3H3,(H,16,19). The Morgan fingerprint density at radius 3 is 2.48 bits per heavy atom. The first-order valence-electron chi connectivity index (χ1n) is 7.17.